The van der Waals surface area contributed by atoms with Gasteiger partial charge in [-0.1, -0.05) is 0 Å². The molecule has 0 radical (unpaired) electrons. The molecule has 0 rings (SSSR count). The fraction of sp³-hybridized carbons (Fsp3) is 0. The Kier molecular flexibility index (Phi) is 15100. The number of hydrogen-bond acceptors (Lipinski definition) is 10. The molecule has 0 spiro atoms. The Bertz CT molecular complexity index is 173. The van der Waals surface area contributed by atoms with E-state index in [1.54, 1.807) is 0 Å². The summed E-state index contributed by atoms with van der Waals surface area (Å²) < 4.78 is 15.4. The summed E-state index contributed by atoms with van der Waals surface area (Å²) in [6.07, 6.45) is 0. The molecule has 0 aliphatic rings. The average Bonchev–Trinajstić information content (AvgIpc) is 2.52. The first kappa shape index (κ1) is 72.7. The van der Waals surface area contributed by atoms with Gasteiger partial charge in [-0.05, 0) is 0 Å². The van der Waals surface area contributed by atoms with Gasteiger partial charge in [0.05, 0.1) is 0 Å². The van der Waals surface area contributed by atoms with Crippen molar-refractivity contribution in [2.45, 2.75) is 0 Å². The van der Waals surface area contributed by atoms with Crippen LogP contribution < -0.4 is 0 Å². The summed E-state index contributed by atoms with van der Waals surface area (Å²) in [4.78, 5) is 8.00. The van der Waals surface area contributed by atoms with E-state index in [2.05, 4.69) is 0 Å². The Morgan fingerprint density at radius 3 is 0.789 bits per heavy atom. The molecule has 0 aromatic carbocycles. The van der Waals surface area contributed by atoms with Crippen LogP contribution in [0.4, 0.5) is 0 Å². The Morgan fingerprint density at radius 1 is 0.789 bits per heavy atom. The first-order valence-corrected chi connectivity index (χ1v) is 2.88. The molecule has 0 atom stereocenters. The van der Waals surface area contributed by atoms with E-state index in [-0.39, 0.29) is 17.1 Å². The van der Waals surface area contributed by atoms with E-state index in [0.29, 0.717) is 0 Å². The minimum atomic E-state index is -0.812. The van der Waals surface area contributed by atoms with Gasteiger partial charge >= 0.3 is 40.1 Å². The van der Waals surface area contributed by atoms with Gasteiger partial charge in [0.1, 0.15) is 0 Å². The molecule has 0 fully saturated rings. The van der Waals surface area contributed by atoms with Gasteiger partial charge in [0.25, 0.3) is 0 Å². The fourth-order valence-electron chi connectivity index (χ4n) is 0. The average molecular weight is 350 g/mol. The second-order valence-electron chi connectivity index (χ2n) is 0.135. The number of hydrogen-bond donors (Lipinski definition) is 1. The molecule has 0 amide bonds. The molecule has 11 nitrogen and oxygen atoms in total. The molecule has 13 heteroatoms. The van der Waals surface area contributed by atoms with Crippen LogP contribution in [0.5, 0.6) is 0 Å². The van der Waals surface area contributed by atoms with Crippen molar-refractivity contribution in [3.8, 4) is 0 Å². The van der Waals surface area contributed by atoms with Crippen molar-refractivity contribution in [2.75, 3.05) is 0 Å². The van der Waals surface area contributed by atoms with Crippen molar-refractivity contribution >= 4 is 0 Å². The van der Waals surface area contributed by atoms with E-state index >= 15 is 0 Å². The van der Waals surface area contributed by atoms with Crippen LogP contribution in [0.25, 0.3) is 0 Å². The molecule has 0 aliphatic heterocycles. The van der Waals surface area contributed by atoms with Crippen molar-refractivity contribution in [2.24, 2.45) is 5.34 Å². The molecule has 0 bridgehead atoms. The second-order valence-corrected chi connectivity index (χ2v) is 0.325. The molecule has 0 aliphatic carbocycles. The topological polar surface area (TPSA) is 233 Å². The summed E-state index contributed by atoms with van der Waals surface area (Å²) in [5, 5.41) is 46.5. The van der Waals surface area contributed by atoms with Gasteiger partial charge in [-0.2, -0.15) is 0 Å². The van der Waals surface area contributed by atoms with E-state index < -0.39 is 15.0 Å². The third kappa shape index (κ3) is 316. The van der Waals surface area contributed by atoms with Crippen molar-refractivity contribution in [3.05, 3.63) is 49.5 Å². The Balaban J connectivity index is -0.00000000861. The predicted octanol–water partition coefficient (Wildman–Crippen LogP) is 0.148. The van der Waals surface area contributed by atoms with Crippen LogP contribution in [0.3, 0.4) is 0 Å². The van der Waals surface area contributed by atoms with Crippen LogP contribution in [0.1, 0.15) is 0 Å². The Labute approximate surface area is 127 Å². The molecular weight excluding hydrogens is 349 g/mol. The minimum absolute atomic E-state index is 0. The van der Waals surface area contributed by atoms with Gasteiger partial charge in [0, 0.05) is 0 Å². The predicted molar refractivity (Wildman–Crippen MR) is 41.9 cm³/mol. The molecule has 0 aromatic rings. The summed E-state index contributed by atoms with van der Waals surface area (Å²) in [6, 6.07) is 0. The first-order chi connectivity index (χ1) is 8.83. The third-order valence-electron chi connectivity index (χ3n) is 0. The fourth-order valence-corrected chi connectivity index (χ4v) is 0. The zero-order chi connectivity index (χ0) is 17.4. The van der Waals surface area contributed by atoms with Crippen LogP contribution in [-0.2, 0) is 35.9 Å². The maximum absolute atomic E-state index is 8.45. The van der Waals surface area contributed by atoms with Crippen molar-refractivity contribution in [3.63, 3.8) is 0 Å². The van der Waals surface area contributed by atoms with Gasteiger partial charge in [0.2, 0.25) is 0 Å². The molecule has 0 saturated heterocycles. The number of rotatable bonds is 0. The van der Waals surface area contributed by atoms with Gasteiger partial charge in [-0.15, -0.1) is 5.34 Å². The molecule has 102 valence electrons. The summed E-state index contributed by atoms with van der Waals surface area (Å²) in [5.41, 5.74) is 0. The van der Waals surface area contributed by atoms with Crippen LogP contribution in [0, 0.1) is 81.1 Å². The zero-order valence-corrected chi connectivity index (χ0v) is 10.6. The van der Waals surface area contributed by atoms with E-state index in [1.165, 1.54) is 0 Å². The monoisotopic (exact) mass is 350 g/mol. The van der Waals surface area contributed by atoms with Crippen LogP contribution in [0.15, 0.2) is 5.34 Å². The Hall–Kier alpha value is -2.87. The quantitative estimate of drug-likeness (QED) is 0.268. The molecule has 0 aromatic heterocycles. The van der Waals surface area contributed by atoms with E-state index in [0.717, 1.165) is 5.34 Å². The normalized spacial score (nSPS) is 2.37. The van der Waals surface area contributed by atoms with Crippen LogP contribution >= 0.6 is 0 Å². The molecule has 0 heterocycles. The van der Waals surface area contributed by atoms with E-state index in [9.17, 15) is 0 Å². The van der Waals surface area contributed by atoms with Crippen molar-refractivity contribution < 1.29 is 40.1 Å². The van der Waals surface area contributed by atoms with Gasteiger partial charge in [0.15, 0.2) is 0 Å². The molecule has 0 unspecified atom stereocenters. The second kappa shape index (κ2) is 3950. The third-order valence-corrected chi connectivity index (χ3v) is 0. The van der Waals surface area contributed by atoms with Gasteiger partial charge in [-0.3, -0.25) is 0 Å². The zero-order valence-electron chi connectivity index (χ0n) is 8.49. The van der Waals surface area contributed by atoms with Crippen molar-refractivity contribution in [1.29, 1.82) is 31.6 Å². The molecule has 19 heavy (non-hydrogen) atoms. The van der Waals surface area contributed by atoms with E-state index in [1.807, 2.05) is 0 Å². The summed E-state index contributed by atoms with van der Waals surface area (Å²) in [5.74, 6) is 0. The summed E-state index contributed by atoms with van der Waals surface area (Å²) in [6.45, 7) is 28.5. The number of nitrogens with zero attached hydrogens (tertiary/aromatic N) is 7. The van der Waals surface area contributed by atoms with Crippen LogP contribution in [-0.4, -0.2) is 4.22 Å². The van der Waals surface area contributed by atoms with Crippen molar-refractivity contribution in [1.82, 2.24) is 0 Å². The maximum atomic E-state index is 8.45. The van der Waals surface area contributed by atoms with E-state index in [4.69, 9.17) is 89.2 Å². The molecular formula is C6HCoFeN7O4-. The molecule has 1 N–H and O–H groups in total. The first-order valence-electron chi connectivity index (χ1n) is 1.99. The Morgan fingerprint density at radius 2 is 0.789 bits per heavy atom. The van der Waals surface area contributed by atoms with Crippen LogP contribution in [0.2, 0.25) is 0 Å². The standard InChI is InChI=1S/6CN.Co.Fe.HNO2.H2O.O/c6*1-2;;;2-1-3;;/h;;;;;;;;(H,2,3);1H2;/q6*-1;+1;+6;;;/p-2. The molecule has 0 saturated carbocycles. The van der Waals surface area contributed by atoms with Gasteiger partial charge in [-0.25, -0.2) is 0 Å². The van der Waals surface area contributed by atoms with Gasteiger partial charge < -0.3 is 81.1 Å². The SMILES string of the molecule is O=N[O-].[C-]#N.[C-]#N.[C-]#N.[C-]#N.[C-]#N.[C-]#N.[Fe+6].[O]=[Co][OH]. The summed E-state index contributed by atoms with van der Waals surface area (Å²) >= 11 is -0.812. The summed E-state index contributed by atoms with van der Waals surface area (Å²) in [7, 11) is 0.